The Morgan fingerprint density at radius 2 is 1.71 bits per heavy atom. The maximum Gasteiger partial charge on any atom is 0.0950 e. The van der Waals surface area contributed by atoms with E-state index in [-0.39, 0.29) is 0 Å². The summed E-state index contributed by atoms with van der Waals surface area (Å²) in [4.78, 5) is 0. The van der Waals surface area contributed by atoms with Gasteiger partial charge in [0, 0.05) is 10.6 Å². The van der Waals surface area contributed by atoms with E-state index in [2.05, 4.69) is 19.9 Å². The lowest BCUT2D eigenvalue weighted by molar-refractivity contribution is 0.908. The van der Waals surface area contributed by atoms with E-state index in [1.54, 1.807) is 0 Å². The molecule has 0 bridgehead atoms. The van der Waals surface area contributed by atoms with E-state index < -0.39 is 0 Å². The van der Waals surface area contributed by atoms with Crippen LogP contribution in [-0.2, 0) is 0 Å². The highest BCUT2D eigenvalue weighted by atomic mass is 35.5. The van der Waals surface area contributed by atoms with E-state index >= 15 is 0 Å². The van der Waals surface area contributed by atoms with Crippen molar-refractivity contribution in [1.82, 2.24) is 0 Å². The number of nitriles is 1. The molecule has 0 fully saturated rings. The highest BCUT2D eigenvalue weighted by Gasteiger charge is 2.08. The number of hydrogen-bond acceptors (Lipinski definition) is 1. The molecule has 90 valence electrons. The van der Waals surface area contributed by atoms with Crippen molar-refractivity contribution in [3.8, 4) is 6.07 Å². The lowest BCUT2D eigenvalue weighted by atomic mass is 9.94. The van der Waals surface area contributed by atoms with E-state index in [1.807, 2.05) is 24.3 Å². The molecular formula is C15H18ClN. The highest BCUT2D eigenvalue weighted by molar-refractivity contribution is 6.30. The fraction of sp³-hybridized carbons (Fsp3) is 0.400. The maximum absolute atomic E-state index is 9.24. The second kappa shape index (κ2) is 7.14. The van der Waals surface area contributed by atoms with Gasteiger partial charge >= 0.3 is 0 Å². The monoisotopic (exact) mass is 247 g/mol. The van der Waals surface area contributed by atoms with E-state index in [0.717, 1.165) is 41.8 Å². The third-order valence-corrected chi connectivity index (χ3v) is 2.94. The van der Waals surface area contributed by atoms with Gasteiger partial charge in [0.05, 0.1) is 6.07 Å². The number of hydrogen-bond donors (Lipinski definition) is 0. The van der Waals surface area contributed by atoms with Crippen LogP contribution in [0.5, 0.6) is 0 Å². The van der Waals surface area contributed by atoms with Gasteiger partial charge < -0.3 is 0 Å². The van der Waals surface area contributed by atoms with Gasteiger partial charge in [-0.3, -0.25) is 0 Å². The number of rotatable bonds is 5. The van der Waals surface area contributed by atoms with Crippen molar-refractivity contribution < 1.29 is 0 Å². The lowest BCUT2D eigenvalue weighted by Crippen LogP contribution is -1.91. The molecule has 0 spiro atoms. The molecule has 0 atom stereocenters. The fourth-order valence-corrected chi connectivity index (χ4v) is 2.02. The number of nitrogens with zero attached hydrogens (tertiary/aromatic N) is 1. The molecule has 1 aromatic rings. The molecule has 0 aliphatic carbocycles. The Morgan fingerprint density at radius 3 is 2.18 bits per heavy atom. The molecule has 17 heavy (non-hydrogen) atoms. The second-order valence-corrected chi connectivity index (χ2v) is 4.51. The van der Waals surface area contributed by atoms with Gasteiger partial charge in [-0.25, -0.2) is 0 Å². The summed E-state index contributed by atoms with van der Waals surface area (Å²) >= 11 is 5.89. The first kappa shape index (κ1) is 13.8. The Morgan fingerprint density at radius 1 is 1.12 bits per heavy atom. The highest BCUT2D eigenvalue weighted by Crippen LogP contribution is 2.27. The minimum Gasteiger partial charge on any atom is -0.193 e. The van der Waals surface area contributed by atoms with Gasteiger partial charge in [0.25, 0.3) is 0 Å². The van der Waals surface area contributed by atoms with Crippen LogP contribution in [-0.4, -0.2) is 0 Å². The Kier molecular flexibility index (Phi) is 5.80. The van der Waals surface area contributed by atoms with Gasteiger partial charge in [-0.15, -0.1) is 0 Å². The summed E-state index contributed by atoms with van der Waals surface area (Å²) in [5.41, 5.74) is 3.21. The molecule has 0 aliphatic rings. The molecule has 0 heterocycles. The van der Waals surface area contributed by atoms with Crippen LogP contribution in [0, 0.1) is 11.3 Å². The molecule has 0 radical (unpaired) electrons. The molecule has 1 aromatic carbocycles. The molecule has 0 aliphatic heterocycles. The summed E-state index contributed by atoms with van der Waals surface area (Å²) in [5.74, 6) is 0. The molecule has 0 N–H and O–H groups in total. The van der Waals surface area contributed by atoms with E-state index in [4.69, 9.17) is 11.6 Å². The molecule has 0 saturated heterocycles. The first-order valence-corrected chi connectivity index (χ1v) is 6.48. The quantitative estimate of drug-likeness (QED) is 0.655. The number of allylic oxidation sites excluding steroid dienone is 2. The molecule has 1 rings (SSSR count). The van der Waals surface area contributed by atoms with Crippen LogP contribution in [0.1, 0.15) is 45.1 Å². The zero-order valence-electron chi connectivity index (χ0n) is 10.5. The van der Waals surface area contributed by atoms with Gasteiger partial charge in [0.2, 0.25) is 0 Å². The molecule has 0 aromatic heterocycles. The van der Waals surface area contributed by atoms with Crippen LogP contribution < -0.4 is 0 Å². The Hall–Kier alpha value is -1.26. The molecule has 0 amide bonds. The van der Waals surface area contributed by atoms with E-state index in [1.165, 1.54) is 5.57 Å². The molecule has 1 nitrogen and oxygen atoms in total. The third-order valence-electron chi connectivity index (χ3n) is 2.69. The Balaban J connectivity index is 3.16. The van der Waals surface area contributed by atoms with Crippen LogP contribution in [0.2, 0.25) is 5.02 Å². The largest absolute Gasteiger partial charge is 0.193 e. The first-order chi connectivity index (χ1) is 8.22. The summed E-state index contributed by atoms with van der Waals surface area (Å²) in [6.45, 7) is 4.24. The van der Waals surface area contributed by atoms with Gasteiger partial charge in [0.15, 0.2) is 0 Å². The molecule has 0 saturated carbocycles. The summed E-state index contributed by atoms with van der Waals surface area (Å²) < 4.78 is 0. The third kappa shape index (κ3) is 3.91. The van der Waals surface area contributed by atoms with E-state index in [0.29, 0.717) is 0 Å². The topological polar surface area (TPSA) is 23.8 Å². The lowest BCUT2D eigenvalue weighted by Gasteiger charge is -2.10. The summed E-state index contributed by atoms with van der Waals surface area (Å²) in [6.07, 6.45) is 3.86. The number of benzene rings is 1. The van der Waals surface area contributed by atoms with Gasteiger partial charge in [-0.05, 0) is 36.1 Å². The second-order valence-electron chi connectivity index (χ2n) is 4.08. The van der Waals surface area contributed by atoms with Gasteiger partial charge in [-0.1, -0.05) is 50.4 Å². The SMILES string of the molecule is CCC/C(C#N)=C(\CCC)c1ccc(Cl)cc1. The smallest absolute Gasteiger partial charge is 0.0950 e. The van der Waals surface area contributed by atoms with Crippen molar-refractivity contribution in [3.63, 3.8) is 0 Å². The van der Waals surface area contributed by atoms with Crippen LogP contribution >= 0.6 is 11.6 Å². The van der Waals surface area contributed by atoms with Gasteiger partial charge in [-0.2, -0.15) is 5.26 Å². The zero-order chi connectivity index (χ0) is 12.7. The average molecular weight is 248 g/mol. The zero-order valence-corrected chi connectivity index (χ0v) is 11.2. The van der Waals surface area contributed by atoms with Crippen LogP contribution in [0.3, 0.4) is 0 Å². The molecular weight excluding hydrogens is 230 g/mol. The fourth-order valence-electron chi connectivity index (χ4n) is 1.89. The summed E-state index contributed by atoms with van der Waals surface area (Å²) in [5, 5.41) is 9.97. The maximum atomic E-state index is 9.24. The Bertz CT molecular complexity index is 423. The standard InChI is InChI=1S/C15H18ClN/c1-3-5-13(11-17)15(6-4-2)12-7-9-14(16)10-8-12/h7-10H,3-6H2,1-2H3/b15-13-. The van der Waals surface area contributed by atoms with Crippen LogP contribution in [0.25, 0.3) is 5.57 Å². The molecule has 0 unspecified atom stereocenters. The normalized spacial score (nSPS) is 11.9. The first-order valence-electron chi connectivity index (χ1n) is 6.11. The predicted molar refractivity (Wildman–Crippen MR) is 73.8 cm³/mol. The van der Waals surface area contributed by atoms with E-state index in [9.17, 15) is 5.26 Å². The minimum absolute atomic E-state index is 0.735. The van der Waals surface area contributed by atoms with Crippen molar-refractivity contribution in [2.24, 2.45) is 0 Å². The van der Waals surface area contributed by atoms with Crippen LogP contribution in [0.15, 0.2) is 29.8 Å². The predicted octanol–water partition coefficient (Wildman–Crippen LogP) is 5.22. The summed E-state index contributed by atoms with van der Waals surface area (Å²) in [6, 6.07) is 10.1. The minimum atomic E-state index is 0.735. The average Bonchev–Trinajstić information content (AvgIpc) is 2.35. The number of halogens is 1. The Labute approximate surface area is 109 Å². The van der Waals surface area contributed by atoms with Crippen LogP contribution in [0.4, 0.5) is 0 Å². The van der Waals surface area contributed by atoms with Crippen molar-refractivity contribution in [2.75, 3.05) is 0 Å². The van der Waals surface area contributed by atoms with Crippen molar-refractivity contribution in [3.05, 3.63) is 40.4 Å². The van der Waals surface area contributed by atoms with Gasteiger partial charge in [0.1, 0.15) is 0 Å². The van der Waals surface area contributed by atoms with Crippen molar-refractivity contribution >= 4 is 17.2 Å². The molecule has 2 heteroatoms. The van der Waals surface area contributed by atoms with Crippen molar-refractivity contribution in [1.29, 1.82) is 5.26 Å². The summed E-state index contributed by atoms with van der Waals surface area (Å²) in [7, 11) is 0. The van der Waals surface area contributed by atoms with Crippen molar-refractivity contribution in [2.45, 2.75) is 39.5 Å².